The largest absolute Gasteiger partial charge is 0.314 e. The van der Waals surface area contributed by atoms with Gasteiger partial charge in [0.05, 0.1) is 0 Å². The fraction of sp³-hybridized carbons (Fsp3) is 0.647. The van der Waals surface area contributed by atoms with Crippen LogP contribution in [0, 0.1) is 19.8 Å². The summed E-state index contributed by atoms with van der Waals surface area (Å²) in [5.74, 6) is 0.832. The molecule has 0 aromatic heterocycles. The molecule has 1 aromatic rings. The van der Waals surface area contributed by atoms with Gasteiger partial charge in [-0.15, -0.1) is 0 Å². The van der Waals surface area contributed by atoms with Gasteiger partial charge in [-0.05, 0) is 62.3 Å². The molecule has 1 aliphatic rings. The lowest BCUT2D eigenvalue weighted by Crippen LogP contribution is -2.39. The molecular formula is C17H27N. The van der Waals surface area contributed by atoms with Crippen LogP contribution in [0.5, 0.6) is 0 Å². The van der Waals surface area contributed by atoms with Crippen LogP contribution in [0.1, 0.15) is 49.3 Å². The lowest BCUT2D eigenvalue weighted by atomic mass is 9.79. The molecule has 1 nitrogen and oxygen atoms in total. The predicted octanol–water partition coefficient (Wildman–Crippen LogP) is 4.01. The summed E-state index contributed by atoms with van der Waals surface area (Å²) >= 11 is 0. The zero-order valence-corrected chi connectivity index (χ0v) is 12.1. The van der Waals surface area contributed by atoms with Gasteiger partial charge in [-0.3, -0.25) is 0 Å². The molecule has 2 unspecified atom stereocenters. The first-order chi connectivity index (χ1) is 8.72. The predicted molar refractivity (Wildman–Crippen MR) is 79.0 cm³/mol. The van der Waals surface area contributed by atoms with Gasteiger partial charge in [0.15, 0.2) is 0 Å². The minimum atomic E-state index is 0.739. The summed E-state index contributed by atoms with van der Waals surface area (Å²) in [5.41, 5.74) is 4.53. The second-order valence-electron chi connectivity index (χ2n) is 5.78. The molecule has 18 heavy (non-hydrogen) atoms. The second kappa shape index (κ2) is 6.38. The van der Waals surface area contributed by atoms with Crippen LogP contribution in [-0.4, -0.2) is 12.6 Å². The fourth-order valence-corrected chi connectivity index (χ4v) is 3.42. The van der Waals surface area contributed by atoms with Crippen LogP contribution in [0.4, 0.5) is 0 Å². The van der Waals surface area contributed by atoms with Gasteiger partial charge in [0, 0.05) is 6.04 Å². The number of rotatable bonds is 4. The van der Waals surface area contributed by atoms with E-state index < -0.39 is 0 Å². The lowest BCUT2D eigenvalue weighted by Gasteiger charge is -2.33. The van der Waals surface area contributed by atoms with E-state index in [1.807, 2.05) is 0 Å². The molecule has 1 saturated carbocycles. The molecule has 0 bridgehead atoms. The van der Waals surface area contributed by atoms with E-state index in [9.17, 15) is 0 Å². The van der Waals surface area contributed by atoms with E-state index in [1.54, 1.807) is 5.56 Å². The first-order valence-electron chi connectivity index (χ1n) is 7.50. The van der Waals surface area contributed by atoms with E-state index >= 15 is 0 Å². The average Bonchev–Trinajstić information content (AvgIpc) is 2.36. The third kappa shape index (κ3) is 3.14. The molecule has 1 heteroatoms. The zero-order chi connectivity index (χ0) is 13.0. The van der Waals surface area contributed by atoms with Gasteiger partial charge < -0.3 is 5.32 Å². The maximum atomic E-state index is 3.69. The van der Waals surface area contributed by atoms with Gasteiger partial charge in [0.25, 0.3) is 0 Å². The highest BCUT2D eigenvalue weighted by atomic mass is 14.9. The summed E-state index contributed by atoms with van der Waals surface area (Å²) in [7, 11) is 0. The average molecular weight is 245 g/mol. The van der Waals surface area contributed by atoms with Crippen LogP contribution in [0.25, 0.3) is 0 Å². The third-order valence-corrected chi connectivity index (χ3v) is 4.49. The van der Waals surface area contributed by atoms with Crippen molar-refractivity contribution in [1.82, 2.24) is 5.32 Å². The van der Waals surface area contributed by atoms with Gasteiger partial charge in [-0.1, -0.05) is 38.0 Å². The molecular weight excluding hydrogens is 218 g/mol. The van der Waals surface area contributed by atoms with Crippen LogP contribution >= 0.6 is 0 Å². The zero-order valence-electron chi connectivity index (χ0n) is 12.1. The van der Waals surface area contributed by atoms with Crippen LogP contribution < -0.4 is 5.32 Å². The Hall–Kier alpha value is -0.820. The van der Waals surface area contributed by atoms with Crippen molar-refractivity contribution in [2.45, 2.75) is 58.9 Å². The number of hydrogen-bond acceptors (Lipinski definition) is 1. The quantitative estimate of drug-likeness (QED) is 0.845. The minimum absolute atomic E-state index is 0.739. The summed E-state index contributed by atoms with van der Waals surface area (Å²) in [6.07, 6.45) is 6.84. The van der Waals surface area contributed by atoms with Crippen molar-refractivity contribution in [2.24, 2.45) is 5.92 Å². The molecule has 0 spiro atoms. The van der Waals surface area contributed by atoms with Gasteiger partial charge >= 0.3 is 0 Å². The smallest absolute Gasteiger partial charge is 0.00983 e. The van der Waals surface area contributed by atoms with E-state index in [-0.39, 0.29) is 0 Å². The highest BCUT2D eigenvalue weighted by Gasteiger charge is 2.25. The topological polar surface area (TPSA) is 12.0 Å². The van der Waals surface area contributed by atoms with E-state index in [1.165, 1.54) is 43.2 Å². The van der Waals surface area contributed by atoms with Crippen molar-refractivity contribution in [2.75, 3.05) is 6.54 Å². The lowest BCUT2D eigenvalue weighted by molar-refractivity contribution is 0.264. The molecule has 0 radical (unpaired) electrons. The molecule has 2 rings (SSSR count). The fourth-order valence-electron chi connectivity index (χ4n) is 3.42. The Kier molecular flexibility index (Phi) is 4.82. The molecule has 1 aromatic carbocycles. The molecule has 0 heterocycles. The van der Waals surface area contributed by atoms with Gasteiger partial charge in [-0.2, -0.15) is 0 Å². The van der Waals surface area contributed by atoms with Crippen LogP contribution in [0.15, 0.2) is 18.2 Å². The van der Waals surface area contributed by atoms with Crippen molar-refractivity contribution in [1.29, 1.82) is 0 Å². The van der Waals surface area contributed by atoms with Crippen LogP contribution in [0.3, 0.4) is 0 Å². The summed E-state index contributed by atoms with van der Waals surface area (Å²) in [6, 6.07) is 7.43. The SMILES string of the molecule is CCNC1CCCCC1Cc1c(C)cccc1C. The Bertz CT molecular complexity index is 361. The maximum Gasteiger partial charge on any atom is 0.00983 e. The highest BCUT2D eigenvalue weighted by molar-refractivity contribution is 5.34. The van der Waals surface area contributed by atoms with E-state index in [0.29, 0.717) is 0 Å². The molecule has 1 fully saturated rings. The Labute approximate surface area is 112 Å². The van der Waals surface area contributed by atoms with E-state index in [2.05, 4.69) is 44.3 Å². The number of hydrogen-bond donors (Lipinski definition) is 1. The summed E-state index contributed by atoms with van der Waals surface area (Å²) in [5, 5.41) is 3.69. The van der Waals surface area contributed by atoms with Crippen molar-refractivity contribution in [3.05, 3.63) is 34.9 Å². The van der Waals surface area contributed by atoms with Crippen molar-refractivity contribution >= 4 is 0 Å². The minimum Gasteiger partial charge on any atom is -0.314 e. The Morgan fingerprint density at radius 1 is 1.11 bits per heavy atom. The highest BCUT2D eigenvalue weighted by Crippen LogP contribution is 2.29. The normalized spacial score (nSPS) is 24.2. The van der Waals surface area contributed by atoms with Crippen molar-refractivity contribution in [3.63, 3.8) is 0 Å². The molecule has 0 aliphatic heterocycles. The maximum absolute atomic E-state index is 3.69. The molecule has 1 N–H and O–H groups in total. The van der Waals surface area contributed by atoms with Gasteiger partial charge in [0.2, 0.25) is 0 Å². The van der Waals surface area contributed by atoms with Gasteiger partial charge in [-0.25, -0.2) is 0 Å². The second-order valence-corrected chi connectivity index (χ2v) is 5.78. The summed E-state index contributed by atoms with van der Waals surface area (Å²) < 4.78 is 0. The Balaban J connectivity index is 2.11. The van der Waals surface area contributed by atoms with Crippen LogP contribution in [0.2, 0.25) is 0 Å². The van der Waals surface area contributed by atoms with E-state index in [0.717, 1.165) is 18.5 Å². The third-order valence-electron chi connectivity index (χ3n) is 4.49. The van der Waals surface area contributed by atoms with Crippen LogP contribution in [-0.2, 0) is 6.42 Å². The molecule has 0 saturated heterocycles. The standard InChI is InChI=1S/C17H27N/c1-4-18-17-11-6-5-10-15(17)12-16-13(2)8-7-9-14(16)3/h7-9,15,17-18H,4-6,10-12H2,1-3H3. The molecule has 1 aliphatic carbocycles. The number of benzene rings is 1. The molecule has 100 valence electrons. The Morgan fingerprint density at radius 3 is 2.44 bits per heavy atom. The molecule has 0 amide bonds. The number of aryl methyl sites for hydroxylation is 2. The van der Waals surface area contributed by atoms with Crippen molar-refractivity contribution in [3.8, 4) is 0 Å². The summed E-state index contributed by atoms with van der Waals surface area (Å²) in [6.45, 7) is 7.85. The summed E-state index contributed by atoms with van der Waals surface area (Å²) in [4.78, 5) is 0. The van der Waals surface area contributed by atoms with Crippen molar-refractivity contribution < 1.29 is 0 Å². The van der Waals surface area contributed by atoms with Gasteiger partial charge in [0.1, 0.15) is 0 Å². The van der Waals surface area contributed by atoms with E-state index in [4.69, 9.17) is 0 Å². The monoisotopic (exact) mass is 245 g/mol. The Morgan fingerprint density at radius 2 is 1.78 bits per heavy atom. The first kappa shape index (κ1) is 13.6. The first-order valence-corrected chi connectivity index (χ1v) is 7.50. The molecule has 2 atom stereocenters. The number of nitrogens with one attached hydrogen (secondary N) is 1.